The molecule has 0 aliphatic heterocycles. The quantitative estimate of drug-likeness (QED) is 0.245. The number of nitrogens with zero attached hydrogens (tertiary/aromatic N) is 2. The minimum atomic E-state index is -0.643. The first-order valence-electron chi connectivity index (χ1n) is 13.8. The van der Waals surface area contributed by atoms with Crippen LogP contribution in [-0.4, -0.2) is 9.13 Å². The summed E-state index contributed by atoms with van der Waals surface area (Å²) in [7, 11) is 0. The van der Waals surface area contributed by atoms with Gasteiger partial charge in [-0.05, 0) is 85.7 Å². The summed E-state index contributed by atoms with van der Waals surface area (Å²) in [5.41, 5.74) is -0.872. The summed E-state index contributed by atoms with van der Waals surface area (Å²) >= 11 is 0. The molecule has 0 amide bonds. The zero-order valence-electron chi connectivity index (χ0n) is 23.8. The average molecular weight is 539 g/mol. The van der Waals surface area contributed by atoms with Crippen LogP contribution in [0, 0.1) is 0 Å². The van der Waals surface area contributed by atoms with Gasteiger partial charge in [-0.2, -0.15) is 0 Å². The second-order valence-corrected chi connectivity index (χ2v) is 11.4. The lowest BCUT2D eigenvalue weighted by Crippen LogP contribution is -2.42. The monoisotopic (exact) mass is 538 g/mol. The molecule has 0 atom stereocenters. The van der Waals surface area contributed by atoms with Gasteiger partial charge in [0.2, 0.25) is 0 Å². The largest absolute Gasteiger partial charge is 0.457 e. The van der Waals surface area contributed by atoms with E-state index in [0.717, 1.165) is 11.0 Å². The Morgan fingerprint density at radius 2 is 1.02 bits per heavy atom. The van der Waals surface area contributed by atoms with E-state index in [1.807, 2.05) is 32.9 Å². The van der Waals surface area contributed by atoms with E-state index in [1.54, 1.807) is 24.3 Å². The van der Waals surface area contributed by atoms with Crippen molar-refractivity contribution < 1.29 is 4.74 Å². The van der Waals surface area contributed by atoms with Crippen LogP contribution in [0.4, 0.5) is 0 Å². The van der Waals surface area contributed by atoms with Gasteiger partial charge in [0.1, 0.15) is 11.5 Å². The molecule has 5 rings (SSSR count). The molecule has 40 heavy (non-hydrogen) atoms. The van der Waals surface area contributed by atoms with Crippen molar-refractivity contribution in [2.24, 2.45) is 0 Å². The van der Waals surface area contributed by atoms with Crippen LogP contribution in [0.15, 0.2) is 79.8 Å². The highest BCUT2D eigenvalue weighted by Gasteiger charge is 2.29. The van der Waals surface area contributed by atoms with E-state index in [1.165, 1.54) is 22.3 Å². The zero-order valence-corrected chi connectivity index (χ0v) is 23.8. The summed E-state index contributed by atoms with van der Waals surface area (Å²) < 4.78 is 8.32. The molecular formula is C33H34N2O5. The zero-order chi connectivity index (χ0) is 29.0. The molecule has 0 spiro atoms. The fourth-order valence-electron chi connectivity index (χ4n) is 5.24. The number of ether oxygens (including phenoxy) is 1. The lowest BCUT2D eigenvalue weighted by Gasteiger charge is -2.27. The number of benzene rings is 3. The molecular weight excluding hydrogens is 504 g/mol. The average Bonchev–Trinajstić information content (AvgIpc) is 3.36. The van der Waals surface area contributed by atoms with Gasteiger partial charge in [-0.1, -0.05) is 46.8 Å². The lowest BCUT2D eigenvalue weighted by atomic mass is 9.82. The number of rotatable bonds is 8. The maximum Gasteiger partial charge on any atom is 0.266 e. The summed E-state index contributed by atoms with van der Waals surface area (Å²) in [5, 5.41) is 0.572. The minimum Gasteiger partial charge on any atom is -0.457 e. The highest BCUT2D eigenvalue weighted by atomic mass is 16.5. The molecule has 2 aromatic heterocycles. The molecule has 5 aromatic rings. The fraction of sp³-hybridized carbons (Fsp3) is 0.333. The molecule has 0 radical (unpaired) electrons. The van der Waals surface area contributed by atoms with Gasteiger partial charge >= 0.3 is 0 Å². The first-order chi connectivity index (χ1) is 19.0. The predicted molar refractivity (Wildman–Crippen MR) is 160 cm³/mol. The van der Waals surface area contributed by atoms with Gasteiger partial charge in [0.05, 0.1) is 27.2 Å². The summed E-state index contributed by atoms with van der Waals surface area (Å²) in [6.07, 6.45) is 2.22. The Bertz CT molecular complexity index is 1850. The number of hydrogen-bond donors (Lipinski definition) is 0. The van der Waals surface area contributed by atoms with E-state index in [9.17, 15) is 19.2 Å². The smallest absolute Gasteiger partial charge is 0.266 e. The molecule has 2 heterocycles. The first-order valence-corrected chi connectivity index (χ1v) is 13.8. The van der Waals surface area contributed by atoms with Gasteiger partial charge < -0.3 is 4.74 Å². The van der Waals surface area contributed by atoms with E-state index in [4.69, 9.17) is 4.74 Å². The highest BCUT2D eigenvalue weighted by molar-refractivity contribution is 5.98. The lowest BCUT2D eigenvalue weighted by molar-refractivity contribution is 0.282. The Morgan fingerprint density at radius 3 is 1.45 bits per heavy atom. The van der Waals surface area contributed by atoms with Crippen LogP contribution in [-0.2, 0) is 11.0 Å². The van der Waals surface area contributed by atoms with Crippen molar-refractivity contribution >= 4 is 21.5 Å². The molecule has 0 saturated heterocycles. The molecule has 0 unspecified atom stereocenters. The van der Waals surface area contributed by atoms with Gasteiger partial charge in [-0.25, -0.2) is 4.57 Å². The maximum absolute atomic E-state index is 13.4. The number of aromatic nitrogens is 2. The third-order valence-electron chi connectivity index (χ3n) is 8.81. The molecule has 0 N–H and O–H groups in total. The van der Waals surface area contributed by atoms with Crippen LogP contribution in [0.1, 0.15) is 66.4 Å². The maximum atomic E-state index is 13.4. The second kappa shape index (κ2) is 9.73. The number of fused-ring (bicyclic) bond motifs is 2. The SMILES string of the molecule is CCC(C)(C)c1ccc(Oc2ccc(-n3c(=O)c4cc5c(=O)n(C(C)(CC)CC)c(=O)c5cc4c3=O)cc2)cc1. The van der Waals surface area contributed by atoms with Crippen LogP contribution in [0.2, 0.25) is 0 Å². The van der Waals surface area contributed by atoms with Crippen LogP contribution in [0.5, 0.6) is 11.5 Å². The molecule has 0 fully saturated rings. The number of hydrogen-bond acceptors (Lipinski definition) is 5. The molecule has 0 bridgehead atoms. The summed E-state index contributed by atoms with van der Waals surface area (Å²) in [6, 6.07) is 17.5. The summed E-state index contributed by atoms with van der Waals surface area (Å²) in [4.78, 5) is 53.3. The van der Waals surface area contributed by atoms with Crippen LogP contribution < -0.4 is 27.0 Å². The summed E-state index contributed by atoms with van der Waals surface area (Å²) in [5.74, 6) is 1.25. The minimum absolute atomic E-state index is 0.0816. The van der Waals surface area contributed by atoms with Gasteiger partial charge in [-0.15, -0.1) is 0 Å². The van der Waals surface area contributed by atoms with Crippen molar-refractivity contribution in [2.45, 2.75) is 71.8 Å². The molecule has 7 nitrogen and oxygen atoms in total. The topological polar surface area (TPSA) is 87.4 Å². The molecule has 206 valence electrons. The normalized spacial score (nSPS) is 12.4. The first kappa shape index (κ1) is 27.3. The van der Waals surface area contributed by atoms with Gasteiger partial charge in [-0.3, -0.25) is 23.7 Å². The van der Waals surface area contributed by atoms with Crippen molar-refractivity contribution in [3.05, 3.63) is 108 Å². The van der Waals surface area contributed by atoms with Crippen molar-refractivity contribution in [3.8, 4) is 17.2 Å². The van der Waals surface area contributed by atoms with Crippen molar-refractivity contribution in [2.75, 3.05) is 0 Å². The third-order valence-corrected chi connectivity index (χ3v) is 8.81. The van der Waals surface area contributed by atoms with Gasteiger partial charge in [0, 0.05) is 5.54 Å². The van der Waals surface area contributed by atoms with E-state index < -0.39 is 27.8 Å². The Morgan fingerprint density at radius 1 is 0.600 bits per heavy atom. The van der Waals surface area contributed by atoms with E-state index in [2.05, 4.69) is 32.9 Å². The van der Waals surface area contributed by atoms with Crippen LogP contribution >= 0.6 is 0 Å². The Kier molecular flexibility index (Phi) is 6.65. The van der Waals surface area contributed by atoms with E-state index in [0.29, 0.717) is 30.0 Å². The molecule has 0 aliphatic rings. The van der Waals surface area contributed by atoms with Crippen LogP contribution in [0.3, 0.4) is 0 Å². The third kappa shape index (κ3) is 4.21. The van der Waals surface area contributed by atoms with Gasteiger partial charge in [0.25, 0.3) is 22.2 Å². The second-order valence-electron chi connectivity index (χ2n) is 11.4. The van der Waals surface area contributed by atoms with Gasteiger partial charge in [0.15, 0.2) is 0 Å². The highest BCUT2D eigenvalue weighted by Crippen LogP contribution is 2.30. The van der Waals surface area contributed by atoms with Crippen molar-refractivity contribution in [1.29, 1.82) is 0 Å². The molecule has 0 saturated carbocycles. The Labute approximate surface area is 232 Å². The van der Waals surface area contributed by atoms with E-state index in [-0.39, 0.29) is 27.0 Å². The standard InChI is InChI=1S/C33H34N2O5/c1-7-32(4,5)20-10-14-22(15-11-20)40-23-16-12-21(13-17-23)34-28(36)24-18-26-27(19-25(24)29(34)37)31(39)35(30(26)38)33(6,8-2)9-3/h10-19H,7-9H2,1-6H3. The molecule has 0 aliphatic carbocycles. The van der Waals surface area contributed by atoms with Crippen LogP contribution in [0.25, 0.3) is 27.2 Å². The Balaban J connectivity index is 1.52. The van der Waals surface area contributed by atoms with Crippen molar-refractivity contribution in [1.82, 2.24) is 9.13 Å². The molecule has 7 heteroatoms. The van der Waals surface area contributed by atoms with Crippen molar-refractivity contribution in [3.63, 3.8) is 0 Å². The predicted octanol–water partition coefficient (Wildman–Crippen LogP) is 5.92. The van der Waals surface area contributed by atoms with E-state index >= 15 is 0 Å². The summed E-state index contributed by atoms with van der Waals surface area (Å²) in [6.45, 7) is 12.3. The fourth-order valence-corrected chi connectivity index (χ4v) is 5.24. The molecule has 3 aromatic carbocycles. The Hall–Kier alpha value is -4.26.